The standard InChI is InChI=1S/C14H28N2O/c1-11(2)6-5-7-13(17)16-9-8-14(3,4)12(15)10-16/h11-12H,5-10,15H2,1-4H3. The topological polar surface area (TPSA) is 46.3 Å². The Morgan fingerprint density at radius 1 is 1.47 bits per heavy atom. The first-order chi connectivity index (χ1) is 7.83. The quantitative estimate of drug-likeness (QED) is 0.820. The van der Waals surface area contributed by atoms with Crippen molar-refractivity contribution in [2.75, 3.05) is 13.1 Å². The second kappa shape index (κ2) is 5.85. The minimum absolute atomic E-state index is 0.116. The van der Waals surface area contributed by atoms with Crippen LogP contribution in [0.25, 0.3) is 0 Å². The van der Waals surface area contributed by atoms with Gasteiger partial charge >= 0.3 is 0 Å². The first kappa shape index (κ1) is 14.5. The van der Waals surface area contributed by atoms with Crippen LogP contribution in [0, 0.1) is 11.3 Å². The van der Waals surface area contributed by atoms with E-state index in [0.29, 0.717) is 12.3 Å². The Morgan fingerprint density at radius 2 is 2.12 bits per heavy atom. The molecule has 0 radical (unpaired) electrons. The number of rotatable bonds is 4. The SMILES string of the molecule is CC(C)CCCC(=O)N1CCC(C)(C)C(N)C1. The van der Waals surface area contributed by atoms with E-state index in [1.165, 1.54) is 0 Å². The molecule has 0 aromatic carbocycles. The van der Waals surface area contributed by atoms with E-state index in [1.807, 2.05) is 4.90 Å². The van der Waals surface area contributed by atoms with Gasteiger partial charge in [0.1, 0.15) is 0 Å². The van der Waals surface area contributed by atoms with Crippen molar-refractivity contribution in [3.05, 3.63) is 0 Å². The van der Waals surface area contributed by atoms with Crippen LogP contribution in [0.5, 0.6) is 0 Å². The third kappa shape index (κ3) is 4.30. The maximum atomic E-state index is 12.0. The molecule has 1 fully saturated rings. The van der Waals surface area contributed by atoms with Crippen LogP contribution >= 0.6 is 0 Å². The monoisotopic (exact) mass is 240 g/mol. The Bertz CT molecular complexity index is 261. The maximum absolute atomic E-state index is 12.0. The number of likely N-dealkylation sites (tertiary alicyclic amines) is 1. The molecule has 17 heavy (non-hydrogen) atoms. The van der Waals surface area contributed by atoms with Crippen molar-refractivity contribution >= 4 is 5.91 Å². The van der Waals surface area contributed by atoms with Gasteiger partial charge in [-0.3, -0.25) is 4.79 Å². The number of nitrogens with zero attached hydrogens (tertiary/aromatic N) is 1. The van der Waals surface area contributed by atoms with Crippen LogP contribution in [0.4, 0.5) is 0 Å². The van der Waals surface area contributed by atoms with Gasteiger partial charge in [-0.15, -0.1) is 0 Å². The molecule has 0 saturated carbocycles. The molecular formula is C14H28N2O. The van der Waals surface area contributed by atoms with Gasteiger partial charge in [0.05, 0.1) is 0 Å². The zero-order valence-corrected chi connectivity index (χ0v) is 11.8. The lowest BCUT2D eigenvalue weighted by Crippen LogP contribution is -2.54. The summed E-state index contributed by atoms with van der Waals surface area (Å²) in [6, 6.07) is 0.116. The van der Waals surface area contributed by atoms with Gasteiger partial charge in [0.15, 0.2) is 0 Å². The van der Waals surface area contributed by atoms with Crippen LogP contribution in [0.1, 0.15) is 53.4 Å². The van der Waals surface area contributed by atoms with Gasteiger partial charge in [-0.05, 0) is 24.2 Å². The Kier molecular flexibility index (Phi) is 4.99. The molecule has 1 rings (SSSR count). The van der Waals surface area contributed by atoms with E-state index in [0.717, 1.165) is 32.4 Å². The molecule has 0 aliphatic carbocycles. The Labute approximate surface area is 106 Å². The van der Waals surface area contributed by atoms with Crippen LogP contribution in [0.2, 0.25) is 0 Å². The fourth-order valence-corrected chi connectivity index (χ4v) is 2.23. The Morgan fingerprint density at radius 3 is 2.65 bits per heavy atom. The second-order valence-corrected chi connectivity index (χ2v) is 6.47. The first-order valence-corrected chi connectivity index (χ1v) is 6.86. The Balaban J connectivity index is 2.34. The molecule has 100 valence electrons. The summed E-state index contributed by atoms with van der Waals surface area (Å²) in [6.07, 6.45) is 3.85. The van der Waals surface area contributed by atoms with Crippen LogP contribution in [-0.2, 0) is 4.79 Å². The van der Waals surface area contributed by atoms with E-state index in [-0.39, 0.29) is 17.4 Å². The van der Waals surface area contributed by atoms with Gasteiger partial charge in [0, 0.05) is 25.6 Å². The number of hydrogen-bond acceptors (Lipinski definition) is 2. The van der Waals surface area contributed by atoms with E-state index < -0.39 is 0 Å². The highest BCUT2D eigenvalue weighted by atomic mass is 16.2. The number of hydrogen-bond donors (Lipinski definition) is 1. The van der Waals surface area contributed by atoms with E-state index in [2.05, 4.69) is 27.7 Å². The number of carbonyl (C=O) groups is 1. The molecule has 1 saturated heterocycles. The molecule has 3 heteroatoms. The zero-order chi connectivity index (χ0) is 13.1. The van der Waals surface area contributed by atoms with Crippen LogP contribution in [0.3, 0.4) is 0 Å². The van der Waals surface area contributed by atoms with E-state index in [4.69, 9.17) is 5.73 Å². The molecule has 1 heterocycles. The van der Waals surface area contributed by atoms with Gasteiger partial charge in [0.2, 0.25) is 5.91 Å². The normalized spacial score (nSPS) is 24.1. The molecular weight excluding hydrogens is 212 g/mol. The average Bonchev–Trinajstić information content (AvgIpc) is 2.21. The number of piperidine rings is 1. The number of nitrogens with two attached hydrogens (primary N) is 1. The van der Waals surface area contributed by atoms with Gasteiger partial charge in [0.25, 0.3) is 0 Å². The van der Waals surface area contributed by atoms with E-state index in [1.54, 1.807) is 0 Å². The summed E-state index contributed by atoms with van der Waals surface area (Å²) in [6.45, 7) is 10.4. The second-order valence-electron chi connectivity index (χ2n) is 6.47. The van der Waals surface area contributed by atoms with Crippen LogP contribution in [-0.4, -0.2) is 29.9 Å². The average molecular weight is 240 g/mol. The van der Waals surface area contributed by atoms with Crippen LogP contribution < -0.4 is 5.73 Å². The molecule has 3 nitrogen and oxygen atoms in total. The third-order valence-electron chi connectivity index (χ3n) is 3.97. The van der Waals surface area contributed by atoms with Crippen molar-refractivity contribution in [1.82, 2.24) is 4.90 Å². The lowest BCUT2D eigenvalue weighted by Gasteiger charge is -2.42. The van der Waals surface area contributed by atoms with Crippen molar-refractivity contribution < 1.29 is 4.79 Å². The predicted octanol–water partition coefficient (Wildman–Crippen LogP) is 2.40. The molecule has 0 aromatic heterocycles. The summed E-state index contributed by atoms with van der Waals surface area (Å²) < 4.78 is 0. The Hall–Kier alpha value is -0.570. The molecule has 2 N–H and O–H groups in total. The third-order valence-corrected chi connectivity index (χ3v) is 3.97. The summed E-state index contributed by atoms with van der Waals surface area (Å²) in [5.74, 6) is 0.974. The van der Waals surface area contributed by atoms with Gasteiger partial charge < -0.3 is 10.6 Å². The fourth-order valence-electron chi connectivity index (χ4n) is 2.23. The molecule has 0 bridgehead atoms. The molecule has 0 spiro atoms. The summed E-state index contributed by atoms with van der Waals surface area (Å²) in [5, 5.41) is 0. The summed E-state index contributed by atoms with van der Waals surface area (Å²) in [7, 11) is 0. The van der Waals surface area contributed by atoms with Crippen LogP contribution in [0.15, 0.2) is 0 Å². The summed E-state index contributed by atoms with van der Waals surface area (Å²) in [5.41, 5.74) is 6.30. The van der Waals surface area contributed by atoms with Crippen molar-refractivity contribution in [2.45, 2.75) is 59.4 Å². The van der Waals surface area contributed by atoms with E-state index >= 15 is 0 Å². The molecule has 1 unspecified atom stereocenters. The van der Waals surface area contributed by atoms with Crippen molar-refractivity contribution in [2.24, 2.45) is 17.1 Å². The summed E-state index contributed by atoms with van der Waals surface area (Å²) in [4.78, 5) is 14.0. The van der Waals surface area contributed by atoms with Crippen molar-refractivity contribution in [3.8, 4) is 0 Å². The fraction of sp³-hybridized carbons (Fsp3) is 0.929. The van der Waals surface area contributed by atoms with Crippen molar-refractivity contribution in [3.63, 3.8) is 0 Å². The molecule has 1 atom stereocenters. The molecule has 1 aliphatic rings. The van der Waals surface area contributed by atoms with Crippen molar-refractivity contribution in [1.29, 1.82) is 0 Å². The zero-order valence-electron chi connectivity index (χ0n) is 11.8. The number of carbonyl (C=O) groups excluding carboxylic acids is 1. The minimum atomic E-state index is 0.116. The highest BCUT2D eigenvalue weighted by Gasteiger charge is 2.34. The summed E-state index contributed by atoms with van der Waals surface area (Å²) >= 11 is 0. The smallest absolute Gasteiger partial charge is 0.222 e. The molecule has 1 aliphatic heterocycles. The minimum Gasteiger partial charge on any atom is -0.341 e. The highest BCUT2D eigenvalue weighted by Crippen LogP contribution is 2.29. The first-order valence-electron chi connectivity index (χ1n) is 6.86. The lowest BCUT2D eigenvalue weighted by molar-refractivity contribution is -0.133. The highest BCUT2D eigenvalue weighted by molar-refractivity contribution is 5.76. The van der Waals surface area contributed by atoms with Gasteiger partial charge in [-0.2, -0.15) is 0 Å². The van der Waals surface area contributed by atoms with Gasteiger partial charge in [-0.1, -0.05) is 34.1 Å². The maximum Gasteiger partial charge on any atom is 0.222 e. The lowest BCUT2D eigenvalue weighted by atomic mass is 9.78. The van der Waals surface area contributed by atoms with Gasteiger partial charge in [-0.25, -0.2) is 0 Å². The van der Waals surface area contributed by atoms with E-state index in [9.17, 15) is 4.79 Å². The molecule has 0 aromatic rings. The molecule has 1 amide bonds. The predicted molar refractivity (Wildman–Crippen MR) is 71.6 cm³/mol. The largest absolute Gasteiger partial charge is 0.341 e. The number of amides is 1.